The van der Waals surface area contributed by atoms with Crippen molar-refractivity contribution >= 4 is 11.6 Å². The molecule has 174 valence electrons. The van der Waals surface area contributed by atoms with Gasteiger partial charge in [-0.1, -0.05) is 35.9 Å². The molecule has 34 heavy (non-hydrogen) atoms. The smallest absolute Gasteiger partial charge is 0.336 e. The number of benzene rings is 3. The van der Waals surface area contributed by atoms with Crippen LogP contribution in [0.2, 0.25) is 0 Å². The monoisotopic (exact) mass is 458 g/mol. The maximum Gasteiger partial charge on any atom is 0.336 e. The zero-order valence-electron chi connectivity index (χ0n) is 19.5. The minimum Gasteiger partial charge on any atom is -0.496 e. The lowest BCUT2D eigenvalue weighted by Gasteiger charge is -2.13. The fourth-order valence-corrected chi connectivity index (χ4v) is 3.51. The van der Waals surface area contributed by atoms with E-state index in [-0.39, 0.29) is 5.91 Å². The molecule has 0 unspecified atom stereocenters. The van der Waals surface area contributed by atoms with Gasteiger partial charge in [-0.2, -0.15) is 4.98 Å². The second-order valence-corrected chi connectivity index (χ2v) is 7.47. The van der Waals surface area contributed by atoms with E-state index in [1.54, 1.807) is 35.0 Å². The number of carbonyl (C=O) groups excluding carboxylic acids is 1. The van der Waals surface area contributed by atoms with Crippen LogP contribution < -0.4 is 19.5 Å². The van der Waals surface area contributed by atoms with Gasteiger partial charge in [0.1, 0.15) is 17.1 Å². The molecule has 4 rings (SSSR count). The Balaban J connectivity index is 1.62. The van der Waals surface area contributed by atoms with Crippen molar-refractivity contribution in [1.29, 1.82) is 0 Å². The molecule has 0 fully saturated rings. The molecule has 8 heteroatoms. The summed E-state index contributed by atoms with van der Waals surface area (Å²) in [6.07, 6.45) is 0. The number of hydrogen-bond acceptors (Lipinski definition) is 6. The van der Waals surface area contributed by atoms with E-state index >= 15 is 0 Å². The van der Waals surface area contributed by atoms with Crippen LogP contribution in [0.15, 0.2) is 66.7 Å². The van der Waals surface area contributed by atoms with Gasteiger partial charge in [0.15, 0.2) is 5.82 Å². The van der Waals surface area contributed by atoms with Crippen molar-refractivity contribution in [3.8, 4) is 34.6 Å². The Labute approximate surface area is 198 Å². The third kappa shape index (κ3) is 4.71. The second kappa shape index (κ2) is 10.1. The first-order valence-corrected chi connectivity index (χ1v) is 10.8. The molecule has 0 aliphatic carbocycles. The summed E-state index contributed by atoms with van der Waals surface area (Å²) in [6.45, 7) is 4.39. The van der Waals surface area contributed by atoms with Crippen LogP contribution >= 0.6 is 0 Å². The van der Waals surface area contributed by atoms with Crippen LogP contribution in [-0.2, 0) is 0 Å². The number of aromatic nitrogens is 3. The first kappa shape index (κ1) is 22.8. The molecular weight excluding hydrogens is 432 g/mol. The third-order valence-electron chi connectivity index (χ3n) is 5.20. The molecule has 0 saturated heterocycles. The van der Waals surface area contributed by atoms with Gasteiger partial charge in [0.25, 0.3) is 5.91 Å². The summed E-state index contributed by atoms with van der Waals surface area (Å²) >= 11 is 0. The van der Waals surface area contributed by atoms with Crippen molar-refractivity contribution in [2.75, 3.05) is 26.1 Å². The van der Waals surface area contributed by atoms with E-state index in [1.165, 1.54) is 14.2 Å². The van der Waals surface area contributed by atoms with Crippen molar-refractivity contribution in [3.63, 3.8) is 0 Å². The van der Waals surface area contributed by atoms with Crippen LogP contribution in [0.3, 0.4) is 0 Å². The van der Waals surface area contributed by atoms with E-state index in [4.69, 9.17) is 14.2 Å². The van der Waals surface area contributed by atoms with E-state index in [9.17, 15) is 4.79 Å². The van der Waals surface area contributed by atoms with Gasteiger partial charge in [0, 0.05) is 11.3 Å². The summed E-state index contributed by atoms with van der Waals surface area (Å²) in [5.74, 6) is 1.20. The van der Waals surface area contributed by atoms with Gasteiger partial charge in [-0.25, -0.2) is 4.68 Å². The Hall–Kier alpha value is -4.33. The highest BCUT2D eigenvalue weighted by Gasteiger charge is 2.19. The van der Waals surface area contributed by atoms with Crippen LogP contribution in [0.5, 0.6) is 17.5 Å². The van der Waals surface area contributed by atoms with Crippen LogP contribution in [0.1, 0.15) is 22.8 Å². The fourth-order valence-electron chi connectivity index (χ4n) is 3.51. The highest BCUT2D eigenvalue weighted by atomic mass is 16.5. The van der Waals surface area contributed by atoms with Crippen molar-refractivity contribution in [2.24, 2.45) is 0 Å². The molecule has 0 radical (unpaired) electrons. The Morgan fingerprint density at radius 3 is 2.18 bits per heavy atom. The normalized spacial score (nSPS) is 10.6. The third-order valence-corrected chi connectivity index (χ3v) is 5.20. The first-order chi connectivity index (χ1) is 16.5. The van der Waals surface area contributed by atoms with E-state index in [1.807, 2.05) is 50.2 Å². The summed E-state index contributed by atoms with van der Waals surface area (Å²) in [7, 11) is 3.03. The molecule has 0 saturated carbocycles. The van der Waals surface area contributed by atoms with Gasteiger partial charge in [0.2, 0.25) is 0 Å². The van der Waals surface area contributed by atoms with Crippen LogP contribution in [0.25, 0.3) is 17.1 Å². The molecule has 0 bridgehead atoms. The Morgan fingerprint density at radius 1 is 0.941 bits per heavy atom. The number of nitrogens with zero attached hydrogens (tertiary/aromatic N) is 3. The summed E-state index contributed by atoms with van der Waals surface area (Å²) < 4.78 is 17.9. The zero-order chi connectivity index (χ0) is 24.1. The van der Waals surface area contributed by atoms with Crippen molar-refractivity contribution in [2.45, 2.75) is 13.8 Å². The lowest BCUT2D eigenvalue weighted by Crippen LogP contribution is -2.14. The molecule has 3 aromatic carbocycles. The Morgan fingerprint density at radius 2 is 1.59 bits per heavy atom. The standard InChI is InChI=1S/C26H26N4O4/c1-5-34-26-28-24(18-11-9-17(2)10-12-18)30(29-26)20-15-13-19(14-16-20)27-25(31)23-21(32-3)7-6-8-22(23)33-4/h6-16H,5H2,1-4H3,(H,27,31). The van der Waals surface area contributed by atoms with E-state index < -0.39 is 0 Å². The number of ether oxygens (including phenoxy) is 3. The molecule has 0 spiro atoms. The quantitative estimate of drug-likeness (QED) is 0.404. The SMILES string of the molecule is CCOc1nc(-c2ccc(C)cc2)n(-c2ccc(NC(=O)c3c(OC)cccc3OC)cc2)n1. The summed E-state index contributed by atoms with van der Waals surface area (Å²) in [5.41, 5.74) is 3.80. The summed E-state index contributed by atoms with van der Waals surface area (Å²) in [5, 5.41) is 7.41. The molecule has 4 aromatic rings. The van der Waals surface area contributed by atoms with Gasteiger partial charge >= 0.3 is 6.01 Å². The van der Waals surface area contributed by atoms with Crippen LogP contribution in [0, 0.1) is 6.92 Å². The van der Waals surface area contributed by atoms with Gasteiger partial charge in [-0.15, -0.1) is 5.10 Å². The second-order valence-electron chi connectivity index (χ2n) is 7.47. The number of carbonyl (C=O) groups is 1. The van der Waals surface area contributed by atoms with Gasteiger partial charge in [0.05, 0.1) is 26.5 Å². The topological polar surface area (TPSA) is 87.5 Å². The molecule has 1 amide bonds. The number of nitrogens with one attached hydrogen (secondary N) is 1. The van der Waals surface area contributed by atoms with E-state index in [0.717, 1.165) is 16.8 Å². The molecular formula is C26H26N4O4. The average Bonchev–Trinajstić information content (AvgIpc) is 3.28. The van der Waals surface area contributed by atoms with Crippen molar-refractivity contribution in [3.05, 3.63) is 77.9 Å². The molecule has 1 N–H and O–H groups in total. The van der Waals surface area contributed by atoms with Crippen LogP contribution in [-0.4, -0.2) is 41.5 Å². The number of rotatable bonds is 8. The highest BCUT2D eigenvalue weighted by molar-refractivity contribution is 6.08. The predicted octanol–water partition coefficient (Wildman–Crippen LogP) is 4.91. The maximum atomic E-state index is 13.0. The van der Waals surface area contributed by atoms with Gasteiger partial charge in [-0.3, -0.25) is 4.79 Å². The minimum absolute atomic E-state index is 0.304. The lowest BCUT2D eigenvalue weighted by molar-refractivity contribution is 0.102. The zero-order valence-corrected chi connectivity index (χ0v) is 19.5. The van der Waals surface area contributed by atoms with Gasteiger partial charge < -0.3 is 19.5 Å². The largest absolute Gasteiger partial charge is 0.496 e. The fraction of sp³-hybridized carbons (Fsp3) is 0.192. The molecule has 0 atom stereocenters. The average molecular weight is 459 g/mol. The summed E-state index contributed by atoms with van der Waals surface area (Å²) in [4.78, 5) is 17.5. The number of hydrogen-bond donors (Lipinski definition) is 1. The Kier molecular flexibility index (Phi) is 6.77. The number of anilines is 1. The molecule has 1 heterocycles. The first-order valence-electron chi connectivity index (χ1n) is 10.8. The number of amides is 1. The lowest BCUT2D eigenvalue weighted by atomic mass is 10.1. The molecule has 0 aliphatic heterocycles. The van der Waals surface area contributed by atoms with E-state index in [2.05, 4.69) is 15.4 Å². The minimum atomic E-state index is -0.332. The maximum absolute atomic E-state index is 13.0. The molecule has 0 aliphatic rings. The van der Waals surface area contributed by atoms with Crippen LogP contribution in [0.4, 0.5) is 5.69 Å². The Bertz CT molecular complexity index is 1260. The molecule has 1 aromatic heterocycles. The van der Waals surface area contributed by atoms with Crippen molar-refractivity contribution in [1.82, 2.24) is 14.8 Å². The highest BCUT2D eigenvalue weighted by Crippen LogP contribution is 2.29. The number of methoxy groups -OCH3 is 2. The van der Waals surface area contributed by atoms with E-state index in [0.29, 0.717) is 41.2 Å². The molecule has 8 nitrogen and oxygen atoms in total. The predicted molar refractivity (Wildman–Crippen MR) is 130 cm³/mol. The summed E-state index contributed by atoms with van der Waals surface area (Å²) in [6, 6.07) is 20.9. The van der Waals surface area contributed by atoms with Crippen molar-refractivity contribution < 1.29 is 19.0 Å². The number of aryl methyl sites for hydroxylation is 1. The van der Waals surface area contributed by atoms with Gasteiger partial charge in [-0.05, 0) is 50.2 Å².